The molecule has 2 aliphatic heterocycles. The Kier molecular flexibility index (Phi) is 6.07. The van der Waals surface area contributed by atoms with Crippen molar-refractivity contribution in [1.82, 2.24) is 4.90 Å². The number of thiophene rings is 1. The number of nitrogens with zero attached hydrogens (tertiary/aromatic N) is 3. The fourth-order valence-corrected chi connectivity index (χ4v) is 4.53. The highest BCUT2D eigenvalue weighted by atomic mass is 32.1. The second-order valence-electron chi connectivity index (χ2n) is 7.05. The fraction of sp³-hybridized carbons (Fsp3) is 0.476. The number of amides is 1. The highest BCUT2D eigenvalue weighted by Crippen LogP contribution is 2.33. The van der Waals surface area contributed by atoms with Gasteiger partial charge in [0, 0.05) is 50.6 Å². The predicted molar refractivity (Wildman–Crippen MR) is 111 cm³/mol. The van der Waals surface area contributed by atoms with Crippen LogP contribution in [0.25, 0.3) is 0 Å². The van der Waals surface area contributed by atoms with E-state index in [1.807, 2.05) is 17.0 Å². The molecule has 2 aliphatic rings. The third kappa shape index (κ3) is 4.51. The van der Waals surface area contributed by atoms with Crippen molar-refractivity contribution in [3.05, 3.63) is 46.7 Å². The summed E-state index contributed by atoms with van der Waals surface area (Å²) in [6.07, 6.45) is 1.40. The van der Waals surface area contributed by atoms with Gasteiger partial charge in [-0.2, -0.15) is 0 Å². The molecule has 2 aromatic rings. The lowest BCUT2D eigenvalue weighted by Gasteiger charge is -2.39. The van der Waals surface area contributed by atoms with E-state index < -0.39 is 0 Å². The first-order valence-electron chi connectivity index (χ1n) is 9.78. The molecule has 1 saturated heterocycles. The molecule has 1 amide bonds. The Balaban J connectivity index is 1.40. The van der Waals surface area contributed by atoms with Crippen LogP contribution in [-0.4, -0.2) is 63.3 Å². The Morgan fingerprint density at radius 3 is 2.56 bits per heavy atom. The van der Waals surface area contributed by atoms with Crippen molar-refractivity contribution in [3.8, 4) is 0 Å². The molecule has 5 nitrogen and oxygen atoms in total. The van der Waals surface area contributed by atoms with Crippen LogP contribution in [0.1, 0.15) is 11.3 Å². The molecule has 0 N–H and O–H groups in total. The standard InChI is InChI=1S/C21H27N3O2S/c25-21(8-7-18-4-3-17-27-18)24-12-11-23(19-5-1-2-6-20(19)24)10-9-22-13-15-26-16-14-22/h1-6,17H,7-16H2. The molecule has 0 bridgehead atoms. The van der Waals surface area contributed by atoms with E-state index in [-0.39, 0.29) is 5.91 Å². The van der Waals surface area contributed by atoms with E-state index in [4.69, 9.17) is 4.74 Å². The second kappa shape index (κ2) is 8.87. The predicted octanol–water partition coefficient (Wildman–Crippen LogP) is 2.87. The molecule has 0 radical (unpaired) electrons. The molecule has 0 saturated carbocycles. The number of hydrogen-bond acceptors (Lipinski definition) is 5. The van der Waals surface area contributed by atoms with Gasteiger partial charge in [-0.05, 0) is 30.0 Å². The second-order valence-corrected chi connectivity index (χ2v) is 8.09. The molecular weight excluding hydrogens is 358 g/mol. The summed E-state index contributed by atoms with van der Waals surface area (Å²) in [7, 11) is 0. The SMILES string of the molecule is O=C(CCc1cccs1)N1CCN(CCN2CCOCC2)c2ccccc21. The first-order valence-corrected chi connectivity index (χ1v) is 10.7. The van der Waals surface area contributed by atoms with Gasteiger partial charge in [-0.1, -0.05) is 18.2 Å². The van der Waals surface area contributed by atoms with Crippen molar-refractivity contribution in [2.24, 2.45) is 0 Å². The van der Waals surface area contributed by atoms with E-state index in [0.29, 0.717) is 6.42 Å². The fourth-order valence-electron chi connectivity index (χ4n) is 3.82. The lowest BCUT2D eigenvalue weighted by Crippen LogP contribution is -2.47. The van der Waals surface area contributed by atoms with Crippen molar-refractivity contribution in [2.45, 2.75) is 12.8 Å². The van der Waals surface area contributed by atoms with Crippen LogP contribution in [0.2, 0.25) is 0 Å². The van der Waals surface area contributed by atoms with Crippen molar-refractivity contribution in [2.75, 3.05) is 62.3 Å². The summed E-state index contributed by atoms with van der Waals surface area (Å²) in [4.78, 5) is 21.0. The summed E-state index contributed by atoms with van der Waals surface area (Å²) < 4.78 is 5.44. The molecule has 6 heteroatoms. The molecule has 0 spiro atoms. The Morgan fingerprint density at radius 1 is 0.963 bits per heavy atom. The van der Waals surface area contributed by atoms with Gasteiger partial charge in [0.25, 0.3) is 0 Å². The highest BCUT2D eigenvalue weighted by molar-refractivity contribution is 7.09. The summed E-state index contributed by atoms with van der Waals surface area (Å²) in [5.74, 6) is 0.226. The van der Waals surface area contributed by atoms with E-state index in [1.54, 1.807) is 11.3 Å². The topological polar surface area (TPSA) is 36.0 Å². The average Bonchev–Trinajstić information content (AvgIpc) is 3.24. The zero-order valence-electron chi connectivity index (χ0n) is 15.7. The summed E-state index contributed by atoms with van der Waals surface area (Å²) in [6.45, 7) is 7.41. The van der Waals surface area contributed by atoms with E-state index in [1.165, 1.54) is 10.6 Å². The maximum atomic E-state index is 12.9. The molecule has 27 heavy (non-hydrogen) atoms. The van der Waals surface area contributed by atoms with Gasteiger partial charge in [-0.3, -0.25) is 9.69 Å². The Morgan fingerprint density at radius 2 is 1.78 bits per heavy atom. The van der Waals surface area contributed by atoms with Crippen molar-refractivity contribution >= 4 is 28.6 Å². The average molecular weight is 386 g/mol. The number of hydrogen-bond donors (Lipinski definition) is 0. The van der Waals surface area contributed by atoms with Gasteiger partial charge < -0.3 is 14.5 Å². The Labute approximate surface area is 165 Å². The molecule has 1 aromatic carbocycles. The van der Waals surface area contributed by atoms with Crippen LogP contribution >= 0.6 is 11.3 Å². The number of fused-ring (bicyclic) bond motifs is 1. The summed E-state index contributed by atoms with van der Waals surface area (Å²) in [5, 5.41) is 2.07. The number of anilines is 2. The minimum Gasteiger partial charge on any atom is -0.379 e. The molecule has 1 aromatic heterocycles. The van der Waals surface area contributed by atoms with Gasteiger partial charge in [0.15, 0.2) is 0 Å². The zero-order chi connectivity index (χ0) is 18.5. The van der Waals surface area contributed by atoms with Gasteiger partial charge in [0.05, 0.1) is 24.6 Å². The zero-order valence-corrected chi connectivity index (χ0v) is 16.5. The van der Waals surface area contributed by atoms with Crippen molar-refractivity contribution in [3.63, 3.8) is 0 Å². The maximum Gasteiger partial charge on any atom is 0.227 e. The van der Waals surface area contributed by atoms with Gasteiger partial charge in [0.2, 0.25) is 5.91 Å². The Hall–Kier alpha value is -1.89. The molecule has 0 aliphatic carbocycles. The molecule has 1 fully saturated rings. The summed E-state index contributed by atoms with van der Waals surface area (Å²) >= 11 is 1.73. The summed E-state index contributed by atoms with van der Waals surface area (Å²) in [6, 6.07) is 12.5. The first kappa shape index (κ1) is 18.5. The highest BCUT2D eigenvalue weighted by Gasteiger charge is 2.26. The number of benzene rings is 1. The number of carbonyl (C=O) groups excluding carboxylic acids is 1. The number of aryl methyl sites for hydroxylation is 1. The van der Waals surface area contributed by atoms with Gasteiger partial charge in [0.1, 0.15) is 0 Å². The minimum absolute atomic E-state index is 0.226. The van der Waals surface area contributed by atoms with Crippen LogP contribution in [-0.2, 0) is 16.0 Å². The molecular formula is C21H27N3O2S. The number of morpholine rings is 1. The number of rotatable bonds is 6. The molecule has 144 valence electrons. The van der Waals surface area contributed by atoms with E-state index in [9.17, 15) is 4.79 Å². The largest absolute Gasteiger partial charge is 0.379 e. The number of carbonyl (C=O) groups is 1. The van der Waals surface area contributed by atoms with E-state index >= 15 is 0 Å². The molecule has 4 rings (SSSR count). The lowest BCUT2D eigenvalue weighted by atomic mass is 10.1. The van der Waals surface area contributed by atoms with Crippen LogP contribution in [0, 0.1) is 0 Å². The monoisotopic (exact) mass is 385 g/mol. The molecule has 0 atom stereocenters. The van der Waals surface area contributed by atoms with Crippen molar-refractivity contribution in [1.29, 1.82) is 0 Å². The third-order valence-electron chi connectivity index (χ3n) is 5.36. The number of para-hydroxylation sites is 2. The van der Waals surface area contributed by atoms with E-state index in [2.05, 4.69) is 39.4 Å². The molecule has 3 heterocycles. The van der Waals surface area contributed by atoms with E-state index in [0.717, 1.165) is 64.6 Å². The molecule has 0 unspecified atom stereocenters. The van der Waals surface area contributed by atoms with Crippen LogP contribution in [0.15, 0.2) is 41.8 Å². The van der Waals surface area contributed by atoms with Gasteiger partial charge in [-0.15, -0.1) is 11.3 Å². The number of ether oxygens (including phenoxy) is 1. The maximum absolute atomic E-state index is 12.9. The van der Waals surface area contributed by atoms with Crippen LogP contribution in [0.4, 0.5) is 11.4 Å². The first-order chi connectivity index (χ1) is 13.3. The summed E-state index contributed by atoms with van der Waals surface area (Å²) in [5.41, 5.74) is 2.24. The minimum atomic E-state index is 0.226. The van der Waals surface area contributed by atoms with Gasteiger partial charge in [-0.25, -0.2) is 0 Å². The Bertz CT molecular complexity index is 744. The normalized spacial score (nSPS) is 17.8. The van der Waals surface area contributed by atoms with Crippen LogP contribution in [0.3, 0.4) is 0 Å². The quantitative estimate of drug-likeness (QED) is 0.766. The lowest BCUT2D eigenvalue weighted by molar-refractivity contribution is -0.118. The van der Waals surface area contributed by atoms with Crippen LogP contribution < -0.4 is 9.80 Å². The smallest absolute Gasteiger partial charge is 0.227 e. The third-order valence-corrected chi connectivity index (χ3v) is 6.30. The van der Waals surface area contributed by atoms with Crippen LogP contribution in [0.5, 0.6) is 0 Å². The van der Waals surface area contributed by atoms with Crippen molar-refractivity contribution < 1.29 is 9.53 Å². The van der Waals surface area contributed by atoms with Gasteiger partial charge >= 0.3 is 0 Å².